The van der Waals surface area contributed by atoms with Crippen molar-refractivity contribution in [3.05, 3.63) is 23.3 Å². The van der Waals surface area contributed by atoms with Crippen LogP contribution in [-0.2, 0) is 9.53 Å². The highest BCUT2D eigenvalue weighted by Crippen LogP contribution is 2.36. The fraction of sp³-hybridized carbons (Fsp3) is 0.684. The summed E-state index contributed by atoms with van der Waals surface area (Å²) in [5.74, 6) is 0.00829. The van der Waals surface area contributed by atoms with Crippen LogP contribution in [0, 0.1) is 19.8 Å². The van der Waals surface area contributed by atoms with Crippen molar-refractivity contribution in [1.29, 1.82) is 0 Å². The van der Waals surface area contributed by atoms with Crippen molar-refractivity contribution < 1.29 is 14.3 Å². The van der Waals surface area contributed by atoms with Crippen LogP contribution in [0.4, 0.5) is 0 Å². The van der Waals surface area contributed by atoms with E-state index in [0.29, 0.717) is 25.4 Å². The summed E-state index contributed by atoms with van der Waals surface area (Å²) in [7, 11) is 0. The maximum atomic E-state index is 12.8. The lowest BCUT2D eigenvalue weighted by molar-refractivity contribution is -0.124. The second-order valence-corrected chi connectivity index (χ2v) is 7.78. The van der Waals surface area contributed by atoms with E-state index in [1.54, 1.807) is 0 Å². The molecule has 7 heteroatoms. The van der Waals surface area contributed by atoms with Crippen molar-refractivity contribution in [2.75, 3.05) is 19.7 Å². The van der Waals surface area contributed by atoms with E-state index >= 15 is 0 Å². The number of rotatable bonds is 3. The van der Waals surface area contributed by atoms with Crippen molar-refractivity contribution in [2.45, 2.75) is 58.6 Å². The molecular formula is C19H28N4O3. The topological polar surface area (TPSA) is 84.4 Å². The van der Waals surface area contributed by atoms with Gasteiger partial charge in [0.05, 0.1) is 18.2 Å². The highest BCUT2D eigenvalue weighted by molar-refractivity contribution is 5.93. The zero-order valence-corrected chi connectivity index (χ0v) is 16.0. The number of likely N-dealkylation sites (tertiary alicyclic amines) is 1. The number of aromatic nitrogens is 2. The molecule has 1 N–H and O–H groups in total. The third-order valence-electron chi connectivity index (χ3n) is 5.58. The molecule has 2 amide bonds. The standard InChI is InChI=1S/C19H28N4O3/c1-12(2)17(24)22-15-9-19(26-10-15)5-7-23(8-6-19)18(25)16-13(3)14(4)20-11-21-16/h11-12,15H,5-10H2,1-4H3,(H,22,24). The predicted octanol–water partition coefficient (Wildman–Crippen LogP) is 1.63. The first-order valence-electron chi connectivity index (χ1n) is 9.33. The summed E-state index contributed by atoms with van der Waals surface area (Å²) in [6.45, 7) is 9.39. The SMILES string of the molecule is Cc1ncnc(C(=O)N2CCC3(CC2)CC(NC(=O)C(C)C)CO3)c1C. The molecule has 0 aliphatic carbocycles. The third kappa shape index (κ3) is 3.72. The molecule has 2 saturated heterocycles. The van der Waals surface area contributed by atoms with Crippen LogP contribution in [0.1, 0.15) is 54.9 Å². The molecule has 0 saturated carbocycles. The minimum atomic E-state index is -0.220. The first-order valence-corrected chi connectivity index (χ1v) is 9.33. The molecule has 2 fully saturated rings. The van der Waals surface area contributed by atoms with Crippen LogP contribution in [-0.4, -0.2) is 58.0 Å². The lowest BCUT2D eigenvalue weighted by atomic mass is 9.87. The van der Waals surface area contributed by atoms with E-state index in [9.17, 15) is 9.59 Å². The Balaban J connectivity index is 1.58. The van der Waals surface area contributed by atoms with Crippen molar-refractivity contribution in [3.63, 3.8) is 0 Å². The Morgan fingerprint density at radius 2 is 1.96 bits per heavy atom. The summed E-state index contributed by atoms with van der Waals surface area (Å²) in [5.41, 5.74) is 1.94. The number of ether oxygens (including phenoxy) is 1. The average Bonchev–Trinajstić information content (AvgIpc) is 2.99. The number of amides is 2. The number of hydrogen-bond acceptors (Lipinski definition) is 5. The fourth-order valence-electron chi connectivity index (χ4n) is 3.67. The molecule has 0 bridgehead atoms. The molecule has 2 aliphatic heterocycles. The first kappa shape index (κ1) is 18.8. The van der Waals surface area contributed by atoms with Crippen LogP contribution >= 0.6 is 0 Å². The highest BCUT2D eigenvalue weighted by Gasteiger charge is 2.44. The van der Waals surface area contributed by atoms with Crippen molar-refractivity contribution in [2.24, 2.45) is 5.92 Å². The first-order chi connectivity index (χ1) is 12.3. The number of aryl methyl sites for hydroxylation is 1. The Morgan fingerprint density at radius 3 is 2.62 bits per heavy atom. The van der Waals surface area contributed by atoms with E-state index in [-0.39, 0.29) is 29.4 Å². The van der Waals surface area contributed by atoms with Crippen LogP contribution in [0.15, 0.2) is 6.33 Å². The quantitative estimate of drug-likeness (QED) is 0.886. The van der Waals surface area contributed by atoms with Gasteiger partial charge in [0.1, 0.15) is 12.0 Å². The van der Waals surface area contributed by atoms with Gasteiger partial charge in [-0.05, 0) is 33.1 Å². The van der Waals surface area contributed by atoms with Crippen molar-refractivity contribution in [3.8, 4) is 0 Å². The van der Waals surface area contributed by atoms with Crippen LogP contribution in [0.2, 0.25) is 0 Å². The number of carbonyl (C=O) groups is 2. The molecule has 1 spiro atoms. The molecule has 1 aromatic rings. The van der Waals surface area contributed by atoms with Gasteiger partial charge in [0, 0.05) is 30.3 Å². The summed E-state index contributed by atoms with van der Waals surface area (Å²) in [6, 6.07) is 0.0684. The largest absolute Gasteiger partial charge is 0.373 e. The number of nitrogens with zero attached hydrogens (tertiary/aromatic N) is 3. The maximum absolute atomic E-state index is 12.8. The molecular weight excluding hydrogens is 332 g/mol. The Bertz CT molecular complexity index is 696. The number of carbonyl (C=O) groups excluding carboxylic acids is 2. The fourth-order valence-corrected chi connectivity index (χ4v) is 3.67. The van der Waals surface area contributed by atoms with Gasteiger partial charge in [-0.3, -0.25) is 9.59 Å². The lowest BCUT2D eigenvalue weighted by Crippen LogP contribution is -2.47. The van der Waals surface area contributed by atoms with Gasteiger partial charge in [-0.25, -0.2) is 9.97 Å². The normalized spacial score (nSPS) is 22.0. The summed E-state index contributed by atoms with van der Waals surface area (Å²) < 4.78 is 6.07. The van der Waals surface area contributed by atoms with E-state index in [4.69, 9.17) is 4.74 Å². The van der Waals surface area contributed by atoms with E-state index in [2.05, 4.69) is 15.3 Å². The minimum absolute atomic E-state index is 0.0226. The maximum Gasteiger partial charge on any atom is 0.272 e. The smallest absolute Gasteiger partial charge is 0.272 e. The Hall–Kier alpha value is -2.02. The Labute approximate surface area is 154 Å². The van der Waals surface area contributed by atoms with Gasteiger partial charge in [0.15, 0.2) is 0 Å². The molecule has 7 nitrogen and oxygen atoms in total. The van der Waals surface area contributed by atoms with Gasteiger partial charge in [0.2, 0.25) is 5.91 Å². The molecule has 142 valence electrons. The molecule has 3 heterocycles. The molecule has 2 aliphatic rings. The Morgan fingerprint density at radius 1 is 1.27 bits per heavy atom. The molecule has 1 atom stereocenters. The molecule has 3 rings (SSSR count). The van der Waals surface area contributed by atoms with Crippen molar-refractivity contribution >= 4 is 11.8 Å². The van der Waals surface area contributed by atoms with E-state index < -0.39 is 0 Å². The predicted molar refractivity (Wildman–Crippen MR) is 96.7 cm³/mol. The number of hydrogen-bond donors (Lipinski definition) is 1. The monoisotopic (exact) mass is 360 g/mol. The van der Waals surface area contributed by atoms with Gasteiger partial charge in [-0.1, -0.05) is 13.8 Å². The van der Waals surface area contributed by atoms with Gasteiger partial charge in [0.25, 0.3) is 5.91 Å². The highest BCUT2D eigenvalue weighted by atomic mass is 16.5. The second kappa shape index (κ2) is 7.31. The van der Waals surface area contributed by atoms with E-state index in [1.165, 1.54) is 6.33 Å². The van der Waals surface area contributed by atoms with E-state index in [0.717, 1.165) is 30.5 Å². The second-order valence-electron chi connectivity index (χ2n) is 7.78. The molecule has 0 aromatic carbocycles. The number of piperidine rings is 1. The van der Waals surface area contributed by atoms with Crippen LogP contribution in [0.5, 0.6) is 0 Å². The van der Waals surface area contributed by atoms with Gasteiger partial charge in [-0.2, -0.15) is 0 Å². The van der Waals surface area contributed by atoms with Gasteiger partial charge < -0.3 is 15.0 Å². The van der Waals surface area contributed by atoms with Crippen LogP contribution in [0.3, 0.4) is 0 Å². The summed E-state index contributed by atoms with van der Waals surface area (Å²) >= 11 is 0. The minimum Gasteiger partial charge on any atom is -0.373 e. The molecule has 1 unspecified atom stereocenters. The Kier molecular flexibility index (Phi) is 5.27. The summed E-state index contributed by atoms with van der Waals surface area (Å²) in [4.78, 5) is 34.9. The zero-order valence-electron chi connectivity index (χ0n) is 16.0. The molecule has 26 heavy (non-hydrogen) atoms. The summed E-state index contributed by atoms with van der Waals surface area (Å²) in [6.07, 6.45) is 3.84. The lowest BCUT2D eigenvalue weighted by Gasteiger charge is -2.38. The molecule has 1 aromatic heterocycles. The average molecular weight is 360 g/mol. The summed E-state index contributed by atoms with van der Waals surface area (Å²) in [5, 5.41) is 3.06. The van der Waals surface area contributed by atoms with Gasteiger partial charge >= 0.3 is 0 Å². The third-order valence-corrected chi connectivity index (χ3v) is 5.58. The van der Waals surface area contributed by atoms with Crippen molar-refractivity contribution in [1.82, 2.24) is 20.2 Å². The van der Waals surface area contributed by atoms with Crippen LogP contribution in [0.25, 0.3) is 0 Å². The molecule has 0 radical (unpaired) electrons. The zero-order chi connectivity index (χ0) is 18.9. The van der Waals surface area contributed by atoms with Gasteiger partial charge in [-0.15, -0.1) is 0 Å². The van der Waals surface area contributed by atoms with Crippen LogP contribution < -0.4 is 5.32 Å². The van der Waals surface area contributed by atoms with E-state index in [1.807, 2.05) is 32.6 Å². The number of nitrogens with one attached hydrogen (secondary N) is 1.